The number of hydrogen-bond donors (Lipinski definition) is 2. The number of nitrogens with zero attached hydrogens (tertiary/aromatic N) is 1. The highest BCUT2D eigenvalue weighted by atomic mass is 35.5. The summed E-state index contributed by atoms with van der Waals surface area (Å²) in [6.07, 6.45) is 4.06. The van der Waals surface area contributed by atoms with Gasteiger partial charge in [-0.3, -0.25) is 9.59 Å². The van der Waals surface area contributed by atoms with Crippen molar-refractivity contribution < 1.29 is 4.79 Å². The summed E-state index contributed by atoms with van der Waals surface area (Å²) in [7, 11) is 0. The van der Waals surface area contributed by atoms with Crippen LogP contribution in [0.3, 0.4) is 0 Å². The van der Waals surface area contributed by atoms with Gasteiger partial charge in [0, 0.05) is 29.2 Å². The van der Waals surface area contributed by atoms with Crippen LogP contribution in [-0.2, 0) is 11.3 Å². The molecule has 0 spiro atoms. The molecule has 1 fully saturated rings. The van der Waals surface area contributed by atoms with Crippen molar-refractivity contribution in [2.75, 3.05) is 5.32 Å². The van der Waals surface area contributed by atoms with Crippen molar-refractivity contribution >= 4 is 23.2 Å². The minimum absolute atomic E-state index is 0.0362. The molecule has 5 nitrogen and oxygen atoms in total. The number of nitrogens with two attached hydrogens (primary N) is 1. The van der Waals surface area contributed by atoms with Gasteiger partial charge >= 0.3 is 0 Å². The Bertz CT molecular complexity index is 803. The lowest BCUT2D eigenvalue weighted by Gasteiger charge is -2.13. The molecule has 0 bridgehead atoms. The van der Waals surface area contributed by atoms with Gasteiger partial charge in [0.1, 0.15) is 0 Å². The molecule has 126 valence electrons. The molecule has 1 amide bonds. The molecule has 0 aliphatic heterocycles. The van der Waals surface area contributed by atoms with Crippen LogP contribution in [0.4, 0.5) is 5.69 Å². The first kappa shape index (κ1) is 16.7. The van der Waals surface area contributed by atoms with Crippen LogP contribution in [0.5, 0.6) is 0 Å². The highest BCUT2D eigenvalue weighted by molar-refractivity contribution is 6.31. The molecular weight excluding hydrogens is 326 g/mol. The van der Waals surface area contributed by atoms with Crippen molar-refractivity contribution in [1.29, 1.82) is 0 Å². The summed E-state index contributed by atoms with van der Waals surface area (Å²) in [4.78, 5) is 24.4. The molecule has 3 N–H and O–H groups in total. The normalized spacial score (nSPS) is 20.1. The third-order valence-corrected chi connectivity index (χ3v) is 4.76. The van der Waals surface area contributed by atoms with E-state index in [0.29, 0.717) is 23.7 Å². The van der Waals surface area contributed by atoms with E-state index >= 15 is 0 Å². The molecule has 2 unspecified atom stereocenters. The molecule has 1 saturated carbocycles. The molecule has 1 heterocycles. The summed E-state index contributed by atoms with van der Waals surface area (Å²) in [6, 6.07) is 10.6. The summed E-state index contributed by atoms with van der Waals surface area (Å²) >= 11 is 6.15. The lowest BCUT2D eigenvalue weighted by atomic mass is 10.1. The molecule has 1 aromatic heterocycles. The summed E-state index contributed by atoms with van der Waals surface area (Å²) in [6.45, 7) is 0.358. The monoisotopic (exact) mass is 345 g/mol. The zero-order chi connectivity index (χ0) is 17.1. The molecule has 24 heavy (non-hydrogen) atoms. The van der Waals surface area contributed by atoms with Crippen LogP contribution in [0.15, 0.2) is 47.4 Å². The van der Waals surface area contributed by atoms with Gasteiger partial charge in [0.05, 0.1) is 12.2 Å². The Morgan fingerprint density at radius 1 is 1.25 bits per heavy atom. The van der Waals surface area contributed by atoms with Gasteiger partial charge < -0.3 is 15.6 Å². The predicted octanol–water partition coefficient (Wildman–Crippen LogP) is 2.62. The molecular formula is C18H20ClN3O2. The van der Waals surface area contributed by atoms with Crippen LogP contribution in [0.25, 0.3) is 0 Å². The van der Waals surface area contributed by atoms with Crippen molar-refractivity contribution in [3.63, 3.8) is 0 Å². The van der Waals surface area contributed by atoms with E-state index in [4.69, 9.17) is 17.3 Å². The second-order valence-corrected chi connectivity index (χ2v) is 6.64. The van der Waals surface area contributed by atoms with Crippen molar-refractivity contribution in [2.45, 2.75) is 31.8 Å². The second-order valence-electron chi connectivity index (χ2n) is 6.23. The van der Waals surface area contributed by atoms with Crippen molar-refractivity contribution in [3.8, 4) is 0 Å². The van der Waals surface area contributed by atoms with E-state index in [1.165, 1.54) is 10.6 Å². The SMILES string of the molecule is NC1CCC(C(=O)Nc2ccc(=O)n(Cc3ccccc3Cl)c2)C1. The van der Waals surface area contributed by atoms with Crippen LogP contribution in [0, 0.1) is 5.92 Å². The Kier molecular flexibility index (Phi) is 5.02. The fraction of sp³-hybridized carbons (Fsp3) is 0.333. The zero-order valence-corrected chi connectivity index (χ0v) is 14.0. The number of pyridine rings is 1. The summed E-state index contributed by atoms with van der Waals surface area (Å²) in [5.74, 6) is -0.0881. The Hall–Kier alpha value is -2.11. The van der Waals surface area contributed by atoms with Crippen molar-refractivity contribution in [2.24, 2.45) is 11.7 Å². The number of hydrogen-bond acceptors (Lipinski definition) is 3. The average molecular weight is 346 g/mol. The number of rotatable bonds is 4. The molecule has 2 atom stereocenters. The number of halogens is 1. The molecule has 1 aliphatic carbocycles. The third kappa shape index (κ3) is 3.86. The fourth-order valence-electron chi connectivity index (χ4n) is 3.04. The average Bonchev–Trinajstić information content (AvgIpc) is 2.99. The van der Waals surface area contributed by atoms with Crippen LogP contribution in [-0.4, -0.2) is 16.5 Å². The highest BCUT2D eigenvalue weighted by Gasteiger charge is 2.27. The largest absolute Gasteiger partial charge is 0.328 e. The van der Waals surface area contributed by atoms with Gasteiger partial charge in [-0.15, -0.1) is 0 Å². The van der Waals surface area contributed by atoms with E-state index < -0.39 is 0 Å². The van der Waals surface area contributed by atoms with Crippen molar-refractivity contribution in [1.82, 2.24) is 4.57 Å². The summed E-state index contributed by atoms with van der Waals surface area (Å²) < 4.78 is 1.54. The summed E-state index contributed by atoms with van der Waals surface area (Å²) in [5.41, 5.74) is 7.18. The smallest absolute Gasteiger partial charge is 0.250 e. The number of benzene rings is 1. The maximum atomic E-state index is 12.3. The van der Waals surface area contributed by atoms with E-state index in [1.807, 2.05) is 18.2 Å². The van der Waals surface area contributed by atoms with Crippen LogP contribution < -0.4 is 16.6 Å². The van der Waals surface area contributed by atoms with Crippen LogP contribution >= 0.6 is 11.6 Å². The van der Waals surface area contributed by atoms with E-state index in [2.05, 4.69) is 5.32 Å². The van der Waals surface area contributed by atoms with E-state index in [0.717, 1.165) is 18.4 Å². The van der Waals surface area contributed by atoms with Crippen molar-refractivity contribution in [3.05, 3.63) is 63.5 Å². The zero-order valence-electron chi connectivity index (χ0n) is 13.2. The number of nitrogens with one attached hydrogen (secondary N) is 1. The Morgan fingerprint density at radius 3 is 2.75 bits per heavy atom. The van der Waals surface area contributed by atoms with Gasteiger partial charge in [0.2, 0.25) is 5.91 Å². The number of anilines is 1. The quantitative estimate of drug-likeness (QED) is 0.894. The lowest BCUT2D eigenvalue weighted by Crippen LogP contribution is -2.25. The number of aromatic nitrogens is 1. The minimum atomic E-state index is -0.143. The molecule has 1 aliphatic rings. The summed E-state index contributed by atoms with van der Waals surface area (Å²) in [5, 5.41) is 3.50. The number of carbonyl (C=O) groups excluding carboxylic acids is 1. The first-order chi connectivity index (χ1) is 11.5. The second kappa shape index (κ2) is 7.20. The van der Waals surface area contributed by atoms with Gasteiger partial charge in [-0.05, 0) is 37.0 Å². The Labute approximate surface area is 145 Å². The molecule has 6 heteroatoms. The van der Waals surface area contributed by atoms with E-state index in [9.17, 15) is 9.59 Å². The fourth-order valence-corrected chi connectivity index (χ4v) is 3.23. The molecule has 0 saturated heterocycles. The maximum absolute atomic E-state index is 12.3. The minimum Gasteiger partial charge on any atom is -0.328 e. The first-order valence-corrected chi connectivity index (χ1v) is 8.41. The molecule has 2 aromatic rings. The molecule has 1 aromatic carbocycles. The maximum Gasteiger partial charge on any atom is 0.250 e. The number of carbonyl (C=O) groups is 1. The molecule has 3 rings (SSSR count). The van der Waals surface area contributed by atoms with Gasteiger partial charge in [0.25, 0.3) is 5.56 Å². The van der Waals surface area contributed by atoms with Gasteiger partial charge in [0.15, 0.2) is 0 Å². The van der Waals surface area contributed by atoms with Crippen LogP contribution in [0.2, 0.25) is 5.02 Å². The first-order valence-electron chi connectivity index (χ1n) is 8.03. The lowest BCUT2D eigenvalue weighted by molar-refractivity contribution is -0.119. The Morgan fingerprint density at radius 2 is 2.04 bits per heavy atom. The third-order valence-electron chi connectivity index (χ3n) is 4.39. The predicted molar refractivity (Wildman–Crippen MR) is 95.2 cm³/mol. The van der Waals surface area contributed by atoms with Gasteiger partial charge in [-0.2, -0.15) is 0 Å². The van der Waals surface area contributed by atoms with Crippen LogP contribution in [0.1, 0.15) is 24.8 Å². The highest BCUT2D eigenvalue weighted by Crippen LogP contribution is 2.25. The molecule has 0 radical (unpaired) electrons. The van der Waals surface area contributed by atoms with E-state index in [1.54, 1.807) is 18.3 Å². The number of amides is 1. The van der Waals surface area contributed by atoms with Gasteiger partial charge in [-0.1, -0.05) is 29.8 Å². The standard InChI is InChI=1S/C18H20ClN3O2/c19-16-4-2-1-3-13(16)10-22-11-15(7-8-17(22)23)21-18(24)12-5-6-14(20)9-12/h1-4,7-8,11-12,14H,5-6,9-10,20H2,(H,21,24). The topological polar surface area (TPSA) is 77.1 Å². The Balaban J connectivity index is 1.75. The van der Waals surface area contributed by atoms with Gasteiger partial charge in [-0.25, -0.2) is 0 Å². The van der Waals surface area contributed by atoms with E-state index in [-0.39, 0.29) is 23.4 Å².